The van der Waals surface area contributed by atoms with E-state index < -0.39 is 0 Å². The molecule has 0 aromatic heterocycles. The Hall–Kier alpha value is -0.330. The van der Waals surface area contributed by atoms with E-state index in [0.29, 0.717) is 17.1 Å². The molecule has 0 aliphatic heterocycles. The normalized spacial score (nSPS) is 28.4. The molecule has 2 atom stereocenters. The maximum Gasteiger partial charge on any atom is 0.133 e. The van der Waals surface area contributed by atoms with Crippen molar-refractivity contribution in [3.63, 3.8) is 0 Å². The lowest BCUT2D eigenvalue weighted by Crippen LogP contribution is -2.34. The predicted octanol–water partition coefficient (Wildman–Crippen LogP) is 4.84. The average Bonchev–Trinajstić information content (AvgIpc) is 2.14. The standard InChI is InChI=1S/C16H30O/c1-12(2)11-14(17)8-9-15-13(3)7-6-10-16(15,4)5/h12-13,15H,6-11H2,1-5H3/t13-,15?/m0/s1. The molecule has 1 aliphatic carbocycles. The molecule has 1 heteroatoms. The summed E-state index contributed by atoms with van der Waals surface area (Å²) < 4.78 is 0. The Kier molecular flexibility index (Phi) is 5.22. The van der Waals surface area contributed by atoms with Crippen molar-refractivity contribution < 1.29 is 4.79 Å². The van der Waals surface area contributed by atoms with Crippen LogP contribution in [0.2, 0.25) is 0 Å². The summed E-state index contributed by atoms with van der Waals surface area (Å²) in [5, 5.41) is 0. The van der Waals surface area contributed by atoms with Crippen LogP contribution in [0.15, 0.2) is 0 Å². The molecule has 0 aromatic rings. The van der Waals surface area contributed by atoms with Crippen LogP contribution in [0.25, 0.3) is 0 Å². The molecule has 0 amide bonds. The van der Waals surface area contributed by atoms with Gasteiger partial charge in [0.2, 0.25) is 0 Å². The van der Waals surface area contributed by atoms with Gasteiger partial charge in [-0.2, -0.15) is 0 Å². The second kappa shape index (κ2) is 6.02. The van der Waals surface area contributed by atoms with Crippen molar-refractivity contribution in [1.82, 2.24) is 0 Å². The third kappa shape index (κ3) is 4.44. The van der Waals surface area contributed by atoms with Gasteiger partial charge in [0.15, 0.2) is 0 Å². The number of carbonyl (C=O) groups excluding carboxylic acids is 1. The maximum atomic E-state index is 11.8. The lowest BCUT2D eigenvalue weighted by Gasteiger charge is -2.43. The lowest BCUT2D eigenvalue weighted by molar-refractivity contribution is -0.120. The minimum atomic E-state index is 0.440. The molecule has 1 saturated carbocycles. The van der Waals surface area contributed by atoms with Crippen molar-refractivity contribution in [2.75, 3.05) is 0 Å². The monoisotopic (exact) mass is 238 g/mol. The van der Waals surface area contributed by atoms with Crippen molar-refractivity contribution in [3.8, 4) is 0 Å². The molecule has 0 saturated heterocycles. The van der Waals surface area contributed by atoms with E-state index in [9.17, 15) is 4.79 Å². The number of Topliss-reactive ketones (excluding diaryl/α,β-unsaturated/α-hetero) is 1. The highest BCUT2D eigenvalue weighted by Gasteiger charge is 2.36. The first-order valence-electron chi connectivity index (χ1n) is 7.34. The fourth-order valence-electron chi connectivity index (χ4n) is 3.59. The Morgan fingerprint density at radius 1 is 1.35 bits per heavy atom. The van der Waals surface area contributed by atoms with Gasteiger partial charge in [0.05, 0.1) is 0 Å². The van der Waals surface area contributed by atoms with Crippen LogP contribution in [0.4, 0.5) is 0 Å². The molecule has 0 bridgehead atoms. The molecule has 0 radical (unpaired) electrons. The van der Waals surface area contributed by atoms with Crippen molar-refractivity contribution in [2.24, 2.45) is 23.2 Å². The molecule has 0 aromatic carbocycles. The van der Waals surface area contributed by atoms with Crippen LogP contribution in [0.5, 0.6) is 0 Å². The van der Waals surface area contributed by atoms with Crippen molar-refractivity contribution in [2.45, 2.75) is 73.1 Å². The minimum absolute atomic E-state index is 0.440. The molecule has 0 heterocycles. The van der Waals surface area contributed by atoms with E-state index >= 15 is 0 Å². The number of hydrogen-bond donors (Lipinski definition) is 0. The van der Waals surface area contributed by atoms with E-state index in [-0.39, 0.29) is 0 Å². The van der Waals surface area contributed by atoms with Crippen LogP contribution < -0.4 is 0 Å². The Morgan fingerprint density at radius 2 is 2.00 bits per heavy atom. The summed E-state index contributed by atoms with van der Waals surface area (Å²) in [6, 6.07) is 0. The third-order valence-electron chi connectivity index (χ3n) is 4.54. The molecule has 0 N–H and O–H groups in total. The third-order valence-corrected chi connectivity index (χ3v) is 4.54. The highest BCUT2D eigenvalue weighted by atomic mass is 16.1. The Balaban J connectivity index is 2.45. The molecule has 100 valence electrons. The first-order valence-corrected chi connectivity index (χ1v) is 7.34. The van der Waals surface area contributed by atoms with Crippen LogP contribution in [0.1, 0.15) is 73.1 Å². The first kappa shape index (κ1) is 14.7. The van der Waals surface area contributed by atoms with E-state index in [2.05, 4.69) is 34.6 Å². The maximum absolute atomic E-state index is 11.8. The molecule has 17 heavy (non-hydrogen) atoms. The molecular weight excluding hydrogens is 208 g/mol. The summed E-state index contributed by atoms with van der Waals surface area (Å²) in [4.78, 5) is 11.8. The van der Waals surface area contributed by atoms with Crippen LogP contribution >= 0.6 is 0 Å². The molecule has 0 spiro atoms. The summed E-state index contributed by atoms with van der Waals surface area (Å²) in [5.74, 6) is 2.52. The molecule has 1 aliphatic rings. The summed E-state index contributed by atoms with van der Waals surface area (Å²) in [6.45, 7) is 11.4. The van der Waals surface area contributed by atoms with Crippen molar-refractivity contribution in [3.05, 3.63) is 0 Å². The second-order valence-electron chi connectivity index (χ2n) is 7.14. The predicted molar refractivity (Wildman–Crippen MR) is 74.0 cm³/mol. The minimum Gasteiger partial charge on any atom is -0.300 e. The molecule has 1 fully saturated rings. The van der Waals surface area contributed by atoms with Gasteiger partial charge in [-0.3, -0.25) is 4.79 Å². The summed E-state index contributed by atoms with van der Waals surface area (Å²) in [6.07, 6.45) is 6.73. The highest BCUT2D eigenvalue weighted by Crippen LogP contribution is 2.46. The zero-order chi connectivity index (χ0) is 13.1. The average molecular weight is 238 g/mol. The molecular formula is C16H30O. The first-order chi connectivity index (χ1) is 7.83. The van der Waals surface area contributed by atoms with Gasteiger partial charge in [0, 0.05) is 12.8 Å². The zero-order valence-electron chi connectivity index (χ0n) is 12.4. The molecule has 1 nitrogen and oxygen atoms in total. The Labute approximate surface area is 107 Å². The molecule has 1 rings (SSSR count). The number of hydrogen-bond acceptors (Lipinski definition) is 1. The van der Waals surface area contributed by atoms with E-state index in [4.69, 9.17) is 0 Å². The van der Waals surface area contributed by atoms with Crippen LogP contribution in [-0.4, -0.2) is 5.78 Å². The van der Waals surface area contributed by atoms with Gasteiger partial charge >= 0.3 is 0 Å². The van der Waals surface area contributed by atoms with Gasteiger partial charge in [-0.05, 0) is 36.0 Å². The van der Waals surface area contributed by atoms with Crippen LogP contribution in [0, 0.1) is 23.2 Å². The Bertz CT molecular complexity index is 252. The van der Waals surface area contributed by atoms with E-state index in [0.717, 1.165) is 31.1 Å². The zero-order valence-corrected chi connectivity index (χ0v) is 12.4. The number of rotatable bonds is 5. The summed E-state index contributed by atoms with van der Waals surface area (Å²) in [7, 11) is 0. The van der Waals surface area contributed by atoms with E-state index in [1.807, 2.05) is 0 Å². The Morgan fingerprint density at radius 3 is 2.53 bits per heavy atom. The SMILES string of the molecule is CC(C)CC(=O)CCC1[C@@H](C)CCCC1(C)C. The van der Waals surface area contributed by atoms with Gasteiger partial charge in [-0.25, -0.2) is 0 Å². The topological polar surface area (TPSA) is 17.1 Å². The van der Waals surface area contributed by atoms with E-state index in [1.54, 1.807) is 0 Å². The van der Waals surface area contributed by atoms with Crippen molar-refractivity contribution in [1.29, 1.82) is 0 Å². The fourth-order valence-corrected chi connectivity index (χ4v) is 3.59. The van der Waals surface area contributed by atoms with Gasteiger partial charge < -0.3 is 0 Å². The van der Waals surface area contributed by atoms with Gasteiger partial charge in [-0.1, -0.05) is 47.5 Å². The summed E-state index contributed by atoms with van der Waals surface area (Å²) in [5.41, 5.74) is 0.440. The smallest absolute Gasteiger partial charge is 0.133 e. The summed E-state index contributed by atoms with van der Waals surface area (Å²) >= 11 is 0. The number of ketones is 1. The quantitative estimate of drug-likeness (QED) is 0.669. The van der Waals surface area contributed by atoms with Crippen LogP contribution in [0.3, 0.4) is 0 Å². The van der Waals surface area contributed by atoms with Crippen molar-refractivity contribution >= 4 is 5.78 Å². The fraction of sp³-hybridized carbons (Fsp3) is 0.938. The van der Waals surface area contributed by atoms with E-state index in [1.165, 1.54) is 19.3 Å². The second-order valence-corrected chi connectivity index (χ2v) is 7.14. The number of carbonyl (C=O) groups is 1. The molecule has 1 unspecified atom stereocenters. The lowest BCUT2D eigenvalue weighted by atomic mass is 9.62. The van der Waals surface area contributed by atoms with Crippen LogP contribution in [-0.2, 0) is 4.79 Å². The van der Waals surface area contributed by atoms with Gasteiger partial charge in [-0.15, -0.1) is 0 Å². The largest absolute Gasteiger partial charge is 0.300 e. The van der Waals surface area contributed by atoms with Gasteiger partial charge in [0.25, 0.3) is 0 Å². The highest BCUT2D eigenvalue weighted by molar-refractivity contribution is 5.78. The van der Waals surface area contributed by atoms with Gasteiger partial charge in [0.1, 0.15) is 5.78 Å².